The molecule has 1 saturated heterocycles. The summed E-state index contributed by atoms with van der Waals surface area (Å²) in [6, 6.07) is 33.5. The molecule has 6 heteroatoms. The van der Waals surface area contributed by atoms with E-state index in [1.165, 1.54) is 11.1 Å². The van der Waals surface area contributed by atoms with Crippen LogP contribution >= 0.6 is 12.2 Å². The lowest BCUT2D eigenvalue weighted by atomic mass is 9.98. The predicted octanol–water partition coefficient (Wildman–Crippen LogP) is 8.06. The van der Waals surface area contributed by atoms with Gasteiger partial charge in [-0.15, -0.1) is 11.5 Å². The number of nitrogens with zero attached hydrogens (tertiary/aromatic N) is 1. The van der Waals surface area contributed by atoms with Crippen molar-refractivity contribution in [2.75, 3.05) is 26.3 Å². The smallest absolute Gasteiger partial charge is 0.131 e. The molecular formula is C39H43NO3SSi. The van der Waals surface area contributed by atoms with Gasteiger partial charge in [-0.05, 0) is 28.3 Å². The molecule has 1 fully saturated rings. The van der Waals surface area contributed by atoms with Gasteiger partial charge >= 0.3 is 0 Å². The summed E-state index contributed by atoms with van der Waals surface area (Å²) < 4.78 is 18.4. The first-order chi connectivity index (χ1) is 21.8. The Labute approximate surface area is 275 Å². The molecular weight excluding hydrogens is 591 g/mol. The zero-order chi connectivity index (χ0) is 31.5. The van der Waals surface area contributed by atoms with Crippen LogP contribution < -0.4 is 9.47 Å². The Morgan fingerprint density at radius 3 is 1.93 bits per heavy atom. The minimum Gasteiger partial charge on any atom is -0.488 e. The normalized spacial score (nSPS) is 13.5. The maximum atomic E-state index is 6.48. The van der Waals surface area contributed by atoms with Crippen molar-refractivity contribution < 1.29 is 14.2 Å². The van der Waals surface area contributed by atoms with Gasteiger partial charge < -0.3 is 14.2 Å². The quantitative estimate of drug-likeness (QED) is 0.0682. The second-order valence-corrected chi connectivity index (χ2v) is 17.8. The van der Waals surface area contributed by atoms with Crippen molar-refractivity contribution in [2.24, 2.45) is 0 Å². The van der Waals surface area contributed by atoms with E-state index in [1.54, 1.807) is 0 Å². The number of morpholine rings is 1. The van der Waals surface area contributed by atoms with E-state index in [2.05, 4.69) is 90.6 Å². The van der Waals surface area contributed by atoms with E-state index in [-0.39, 0.29) is 0 Å². The number of thiocarbonyl (C=S) groups is 1. The van der Waals surface area contributed by atoms with Crippen molar-refractivity contribution in [3.63, 3.8) is 0 Å². The molecule has 0 saturated carbocycles. The zero-order valence-corrected chi connectivity index (χ0v) is 28.5. The Morgan fingerprint density at radius 1 is 0.756 bits per heavy atom. The van der Waals surface area contributed by atoms with E-state index in [1.807, 2.05) is 42.5 Å². The Balaban J connectivity index is 1.42. The van der Waals surface area contributed by atoms with Gasteiger partial charge in [0.1, 0.15) is 32.8 Å². The maximum absolute atomic E-state index is 6.48. The van der Waals surface area contributed by atoms with Crippen molar-refractivity contribution >= 4 is 25.2 Å². The summed E-state index contributed by atoms with van der Waals surface area (Å²) in [4.78, 5) is 3.28. The van der Waals surface area contributed by atoms with E-state index in [9.17, 15) is 0 Å². The van der Waals surface area contributed by atoms with Gasteiger partial charge in [0.25, 0.3) is 0 Å². The fraction of sp³-hybridized carbons (Fsp3) is 0.308. The summed E-state index contributed by atoms with van der Waals surface area (Å²) in [5.74, 6) is 4.97. The molecule has 0 radical (unpaired) electrons. The summed E-state index contributed by atoms with van der Waals surface area (Å²) in [5.41, 5.74) is 10.2. The molecule has 0 amide bonds. The van der Waals surface area contributed by atoms with Crippen molar-refractivity contribution in [1.82, 2.24) is 4.90 Å². The van der Waals surface area contributed by atoms with Gasteiger partial charge in [0.05, 0.1) is 13.2 Å². The van der Waals surface area contributed by atoms with Gasteiger partial charge in [-0.25, -0.2) is 0 Å². The largest absolute Gasteiger partial charge is 0.488 e. The van der Waals surface area contributed by atoms with E-state index in [0.29, 0.717) is 26.1 Å². The van der Waals surface area contributed by atoms with Crippen LogP contribution in [0.1, 0.15) is 33.4 Å². The van der Waals surface area contributed by atoms with Gasteiger partial charge in [-0.2, -0.15) is 0 Å². The van der Waals surface area contributed by atoms with Crippen molar-refractivity contribution in [3.05, 3.63) is 130 Å². The van der Waals surface area contributed by atoms with Gasteiger partial charge in [-0.3, -0.25) is 4.90 Å². The Bertz CT molecular complexity index is 1600. The van der Waals surface area contributed by atoms with Gasteiger partial charge in [0.15, 0.2) is 0 Å². The number of ether oxygens (including phenoxy) is 3. The molecule has 0 aliphatic carbocycles. The average molecular weight is 634 g/mol. The molecule has 0 N–H and O–H groups in total. The summed E-state index contributed by atoms with van der Waals surface area (Å²) in [7, 11) is -1.53. The minimum atomic E-state index is -1.53. The highest BCUT2D eigenvalue weighted by Crippen LogP contribution is 2.33. The van der Waals surface area contributed by atoms with Crippen LogP contribution in [0, 0.1) is 11.5 Å². The fourth-order valence-electron chi connectivity index (χ4n) is 5.15. The highest BCUT2D eigenvalue weighted by atomic mass is 32.1. The van der Waals surface area contributed by atoms with Gasteiger partial charge in [0, 0.05) is 54.5 Å². The molecule has 45 heavy (non-hydrogen) atoms. The highest BCUT2D eigenvalue weighted by molar-refractivity contribution is 7.80. The van der Waals surface area contributed by atoms with Crippen LogP contribution in [0.2, 0.25) is 19.6 Å². The Hall–Kier alpha value is -3.73. The van der Waals surface area contributed by atoms with Crippen molar-refractivity contribution in [3.8, 4) is 23.0 Å². The van der Waals surface area contributed by atoms with Crippen LogP contribution in [0.5, 0.6) is 11.5 Å². The van der Waals surface area contributed by atoms with Gasteiger partial charge in [-0.1, -0.05) is 117 Å². The lowest BCUT2D eigenvalue weighted by molar-refractivity contribution is 0.0342. The van der Waals surface area contributed by atoms with Crippen molar-refractivity contribution in [2.45, 2.75) is 52.2 Å². The van der Waals surface area contributed by atoms with Crippen LogP contribution in [0.3, 0.4) is 0 Å². The molecule has 0 bridgehead atoms. The molecule has 4 nitrogen and oxygen atoms in total. The van der Waals surface area contributed by atoms with Crippen LogP contribution in [0.15, 0.2) is 97.1 Å². The highest BCUT2D eigenvalue weighted by Gasteiger charge is 2.18. The molecule has 5 rings (SSSR count). The minimum absolute atomic E-state index is 0.444. The van der Waals surface area contributed by atoms with Crippen LogP contribution in [-0.2, 0) is 37.3 Å². The van der Waals surface area contributed by atoms with E-state index in [4.69, 9.17) is 26.4 Å². The molecule has 0 spiro atoms. The summed E-state index contributed by atoms with van der Waals surface area (Å²) >= 11 is 6.13. The molecule has 1 heterocycles. The molecule has 4 aromatic rings. The van der Waals surface area contributed by atoms with E-state index in [0.717, 1.165) is 71.5 Å². The average Bonchev–Trinajstić information content (AvgIpc) is 3.05. The second-order valence-electron chi connectivity index (χ2n) is 12.5. The maximum Gasteiger partial charge on any atom is 0.131 e. The van der Waals surface area contributed by atoms with Crippen LogP contribution in [0.4, 0.5) is 0 Å². The number of rotatable bonds is 12. The summed E-state index contributed by atoms with van der Waals surface area (Å²) in [5, 5.41) is 0. The number of benzene rings is 4. The first-order valence-electron chi connectivity index (χ1n) is 15.7. The molecule has 0 aromatic heterocycles. The van der Waals surface area contributed by atoms with Crippen LogP contribution in [0.25, 0.3) is 0 Å². The molecule has 1 aliphatic heterocycles. The number of hydrogen-bond donors (Lipinski definition) is 0. The molecule has 0 atom stereocenters. The molecule has 0 unspecified atom stereocenters. The summed E-state index contributed by atoms with van der Waals surface area (Å²) in [6.45, 7) is 12.2. The summed E-state index contributed by atoms with van der Waals surface area (Å²) in [6.07, 6.45) is 1.25. The van der Waals surface area contributed by atoms with E-state index < -0.39 is 8.07 Å². The monoisotopic (exact) mass is 633 g/mol. The Kier molecular flexibility index (Phi) is 11.6. The first-order valence-corrected chi connectivity index (χ1v) is 19.6. The lowest BCUT2D eigenvalue weighted by Crippen LogP contribution is -2.35. The van der Waals surface area contributed by atoms with Gasteiger partial charge in [0.2, 0.25) is 0 Å². The predicted molar refractivity (Wildman–Crippen MR) is 191 cm³/mol. The standard InChI is InChI=1S/C39H43NO3SSi/c1-45(2,3)24-10-15-35-26-36(39(44)25-31-16-18-32(19-17-31)28-40-20-22-41-23-21-40)38(43-30-34-13-8-5-9-14-34)27-37(35)42-29-33-11-6-4-7-12-33/h4-9,11-14,16-19,26-27H,15,20-23,25,28-30H2,1-3H3. The zero-order valence-electron chi connectivity index (χ0n) is 26.7. The molecule has 232 valence electrons. The Morgan fingerprint density at radius 2 is 1.33 bits per heavy atom. The first kappa shape index (κ1) is 32.7. The second kappa shape index (κ2) is 16.0. The lowest BCUT2D eigenvalue weighted by Gasteiger charge is -2.26. The van der Waals surface area contributed by atoms with E-state index >= 15 is 0 Å². The third-order valence-corrected chi connectivity index (χ3v) is 8.87. The van der Waals surface area contributed by atoms with Crippen LogP contribution in [-0.4, -0.2) is 44.1 Å². The third-order valence-electron chi connectivity index (χ3n) is 7.58. The topological polar surface area (TPSA) is 30.9 Å². The fourth-order valence-corrected chi connectivity index (χ4v) is 6.10. The third kappa shape index (κ3) is 10.4. The molecule has 1 aliphatic rings. The number of hydrogen-bond acceptors (Lipinski definition) is 5. The molecule has 4 aromatic carbocycles. The SMILES string of the molecule is C[Si](C)(C)C#CCc1cc(C(=S)Cc2ccc(CN3CCOCC3)cc2)c(OCc2ccccc2)cc1OCc1ccccc1. The van der Waals surface area contributed by atoms with Crippen molar-refractivity contribution in [1.29, 1.82) is 0 Å².